The van der Waals surface area contributed by atoms with Crippen LogP contribution in [0.2, 0.25) is 0 Å². The van der Waals surface area contributed by atoms with Crippen LogP contribution in [0, 0.1) is 11.3 Å². The van der Waals surface area contributed by atoms with Gasteiger partial charge in [-0.2, -0.15) is 5.26 Å². The molecule has 106 valence electrons. The van der Waals surface area contributed by atoms with Gasteiger partial charge in [0.1, 0.15) is 5.54 Å². The van der Waals surface area contributed by atoms with Gasteiger partial charge in [-0.05, 0) is 32.9 Å². The van der Waals surface area contributed by atoms with Crippen LogP contribution in [0.4, 0.5) is 5.69 Å². The second kappa shape index (κ2) is 5.14. The molecule has 0 spiro atoms. The number of hydrogen-bond donors (Lipinski definition) is 2. The number of aliphatic hydroxyl groups is 1. The second-order valence-electron chi connectivity index (χ2n) is 5.53. The van der Waals surface area contributed by atoms with Crippen molar-refractivity contribution in [2.45, 2.75) is 32.4 Å². The third kappa shape index (κ3) is 2.35. The van der Waals surface area contributed by atoms with E-state index in [4.69, 9.17) is 5.26 Å². The summed E-state index contributed by atoms with van der Waals surface area (Å²) in [6, 6.07) is 7.28. The highest BCUT2D eigenvalue weighted by molar-refractivity contribution is 5.90. The largest absolute Gasteiger partial charge is 0.389 e. The molecule has 1 saturated heterocycles. The molecule has 5 heteroatoms. The van der Waals surface area contributed by atoms with Gasteiger partial charge < -0.3 is 15.3 Å². The lowest BCUT2D eigenvalue weighted by molar-refractivity contribution is -0.126. The molecular weight excluding hydrogens is 254 g/mol. The van der Waals surface area contributed by atoms with E-state index in [9.17, 15) is 9.90 Å². The highest BCUT2D eigenvalue weighted by Gasteiger charge is 2.38. The van der Waals surface area contributed by atoms with Crippen molar-refractivity contribution in [3.8, 4) is 6.07 Å². The van der Waals surface area contributed by atoms with Crippen LogP contribution < -0.4 is 10.2 Å². The van der Waals surface area contributed by atoms with E-state index in [0.29, 0.717) is 18.7 Å². The number of aliphatic hydroxyl groups excluding tert-OH is 1. The van der Waals surface area contributed by atoms with Gasteiger partial charge in [-0.3, -0.25) is 4.79 Å². The number of amides is 1. The first-order valence-corrected chi connectivity index (χ1v) is 6.66. The third-order valence-corrected chi connectivity index (χ3v) is 3.75. The van der Waals surface area contributed by atoms with Crippen LogP contribution in [-0.4, -0.2) is 29.6 Å². The number of nitrogens with zero attached hydrogens (tertiary/aromatic N) is 2. The van der Waals surface area contributed by atoms with Gasteiger partial charge in [0.25, 0.3) is 0 Å². The average Bonchev–Trinajstić information content (AvgIpc) is 2.41. The number of rotatable bonds is 2. The Morgan fingerprint density at radius 1 is 1.50 bits per heavy atom. The minimum atomic E-state index is -0.712. The van der Waals surface area contributed by atoms with Gasteiger partial charge in [-0.1, -0.05) is 6.07 Å². The Bertz CT molecular complexity index is 573. The zero-order valence-corrected chi connectivity index (χ0v) is 12.0. The second-order valence-corrected chi connectivity index (χ2v) is 5.53. The van der Waals surface area contributed by atoms with Crippen LogP contribution >= 0.6 is 0 Å². The molecule has 1 atom stereocenters. The molecule has 1 amide bonds. The fourth-order valence-corrected chi connectivity index (χ4v) is 2.52. The Balaban J connectivity index is 2.55. The Morgan fingerprint density at radius 3 is 2.80 bits per heavy atom. The summed E-state index contributed by atoms with van der Waals surface area (Å²) < 4.78 is 0. The number of nitriles is 1. The average molecular weight is 273 g/mol. The van der Waals surface area contributed by atoms with E-state index >= 15 is 0 Å². The third-order valence-electron chi connectivity index (χ3n) is 3.75. The molecule has 1 aromatic carbocycles. The summed E-state index contributed by atoms with van der Waals surface area (Å²) >= 11 is 0. The van der Waals surface area contributed by atoms with E-state index in [2.05, 4.69) is 11.4 Å². The molecule has 5 nitrogen and oxygen atoms in total. The van der Waals surface area contributed by atoms with Crippen LogP contribution in [0.5, 0.6) is 0 Å². The van der Waals surface area contributed by atoms with Crippen molar-refractivity contribution in [3.05, 3.63) is 29.3 Å². The molecule has 1 aromatic rings. The minimum absolute atomic E-state index is 0.0531. The van der Waals surface area contributed by atoms with Crippen molar-refractivity contribution < 1.29 is 9.90 Å². The number of carbonyl (C=O) groups excluding carboxylic acids is 1. The van der Waals surface area contributed by atoms with Crippen LogP contribution in [0.25, 0.3) is 0 Å². The van der Waals surface area contributed by atoms with Gasteiger partial charge in [-0.25, -0.2) is 0 Å². The van der Waals surface area contributed by atoms with Crippen LogP contribution in [-0.2, 0) is 4.79 Å². The molecule has 1 aliphatic heterocycles. The van der Waals surface area contributed by atoms with Gasteiger partial charge >= 0.3 is 0 Å². The maximum atomic E-state index is 12.1. The van der Waals surface area contributed by atoms with Gasteiger partial charge in [-0.15, -0.1) is 0 Å². The maximum absolute atomic E-state index is 12.1. The molecule has 0 aromatic heterocycles. The van der Waals surface area contributed by atoms with Crippen LogP contribution in [0.3, 0.4) is 0 Å². The Labute approximate surface area is 118 Å². The zero-order chi connectivity index (χ0) is 14.9. The fourth-order valence-electron chi connectivity index (χ4n) is 2.52. The summed E-state index contributed by atoms with van der Waals surface area (Å²) in [7, 11) is 0. The lowest BCUT2D eigenvalue weighted by Gasteiger charge is -2.44. The van der Waals surface area contributed by atoms with Crippen molar-refractivity contribution >= 4 is 11.6 Å². The first kappa shape index (κ1) is 14.4. The monoisotopic (exact) mass is 273 g/mol. The molecule has 2 rings (SSSR count). The van der Waals surface area contributed by atoms with E-state index < -0.39 is 11.6 Å². The molecular formula is C15H19N3O2. The van der Waals surface area contributed by atoms with Crippen molar-refractivity contribution in [2.75, 3.05) is 18.0 Å². The highest BCUT2D eigenvalue weighted by atomic mass is 16.3. The summed E-state index contributed by atoms with van der Waals surface area (Å²) in [5.74, 6) is -0.0531. The standard InChI is InChI=1S/C15H19N3O2/c1-10(19)12-5-4-11(9-16)8-13(12)18-7-6-17-14(20)15(18,2)3/h4-5,8,10,19H,6-7H2,1-3H3,(H,17,20). The van der Waals surface area contributed by atoms with E-state index in [0.717, 1.165) is 11.3 Å². The van der Waals surface area contributed by atoms with Gasteiger partial charge in [0.2, 0.25) is 5.91 Å². The van der Waals surface area contributed by atoms with E-state index in [1.54, 1.807) is 25.1 Å². The fraction of sp³-hybridized carbons (Fsp3) is 0.467. The number of benzene rings is 1. The maximum Gasteiger partial charge on any atom is 0.245 e. The van der Waals surface area contributed by atoms with Crippen LogP contribution in [0.15, 0.2) is 18.2 Å². The zero-order valence-electron chi connectivity index (χ0n) is 12.0. The molecule has 2 N–H and O–H groups in total. The number of anilines is 1. The van der Waals surface area contributed by atoms with E-state index in [1.807, 2.05) is 18.7 Å². The normalized spacial score (nSPS) is 19.1. The van der Waals surface area contributed by atoms with Gasteiger partial charge in [0, 0.05) is 24.3 Å². The lowest BCUT2D eigenvalue weighted by Crippen LogP contribution is -2.62. The topological polar surface area (TPSA) is 76.4 Å². The Morgan fingerprint density at radius 2 is 2.20 bits per heavy atom. The molecule has 0 saturated carbocycles. The molecule has 0 aliphatic carbocycles. The molecule has 20 heavy (non-hydrogen) atoms. The molecule has 0 bridgehead atoms. The summed E-state index contributed by atoms with van der Waals surface area (Å²) in [5, 5.41) is 21.8. The lowest BCUT2D eigenvalue weighted by atomic mass is 9.95. The minimum Gasteiger partial charge on any atom is -0.389 e. The summed E-state index contributed by atoms with van der Waals surface area (Å²) in [6.45, 7) is 6.56. The number of carbonyl (C=O) groups is 1. The first-order valence-electron chi connectivity index (χ1n) is 6.66. The first-order chi connectivity index (χ1) is 9.37. The van der Waals surface area contributed by atoms with Crippen molar-refractivity contribution in [2.24, 2.45) is 0 Å². The molecule has 1 unspecified atom stereocenters. The predicted molar refractivity (Wildman–Crippen MR) is 76.2 cm³/mol. The van der Waals surface area contributed by atoms with Crippen molar-refractivity contribution in [1.29, 1.82) is 5.26 Å². The molecule has 1 aliphatic rings. The molecule has 0 radical (unpaired) electrons. The van der Waals surface area contributed by atoms with Gasteiger partial charge in [0.15, 0.2) is 0 Å². The number of hydrogen-bond acceptors (Lipinski definition) is 4. The summed E-state index contributed by atoms with van der Waals surface area (Å²) in [4.78, 5) is 14.0. The predicted octanol–water partition coefficient (Wildman–Crippen LogP) is 1.33. The van der Waals surface area contributed by atoms with Crippen molar-refractivity contribution in [1.82, 2.24) is 5.32 Å². The summed E-state index contributed by atoms with van der Waals surface area (Å²) in [6.07, 6.45) is -0.654. The number of nitrogens with one attached hydrogen (secondary N) is 1. The summed E-state index contributed by atoms with van der Waals surface area (Å²) in [5.41, 5.74) is 1.28. The quantitative estimate of drug-likeness (QED) is 0.852. The highest BCUT2D eigenvalue weighted by Crippen LogP contribution is 2.33. The van der Waals surface area contributed by atoms with E-state index in [-0.39, 0.29) is 5.91 Å². The van der Waals surface area contributed by atoms with Crippen LogP contribution in [0.1, 0.15) is 38.0 Å². The van der Waals surface area contributed by atoms with Gasteiger partial charge in [0.05, 0.1) is 17.7 Å². The SMILES string of the molecule is CC(O)c1ccc(C#N)cc1N1CCNC(=O)C1(C)C. The van der Waals surface area contributed by atoms with Crippen molar-refractivity contribution in [3.63, 3.8) is 0 Å². The molecule has 1 fully saturated rings. The Hall–Kier alpha value is -2.06. The smallest absolute Gasteiger partial charge is 0.245 e. The Kier molecular flexibility index (Phi) is 3.69. The number of piperazine rings is 1. The molecule has 1 heterocycles. The van der Waals surface area contributed by atoms with E-state index in [1.165, 1.54) is 0 Å².